The van der Waals surface area contributed by atoms with E-state index in [9.17, 15) is 9.59 Å². The number of thioether (sulfide) groups is 1. The Morgan fingerprint density at radius 2 is 1.29 bits per heavy atom. The Bertz CT molecular complexity index is 886. The fourth-order valence-electron chi connectivity index (χ4n) is 2.70. The van der Waals surface area contributed by atoms with Crippen LogP contribution in [0.1, 0.15) is 21.5 Å². The standard InChI is InChI=1S/C23H22N2O2S/c26-22(21-14-8-3-9-15-21)25(17-16-19-10-4-1-5-11-19)24-23(27)28-18-20-12-6-2-7-13-20/h1-15H,16-18H2,(H,24,27). The molecule has 4 nitrogen and oxygen atoms in total. The summed E-state index contributed by atoms with van der Waals surface area (Å²) >= 11 is 1.15. The molecule has 5 heteroatoms. The summed E-state index contributed by atoms with van der Waals surface area (Å²) < 4.78 is 0. The summed E-state index contributed by atoms with van der Waals surface area (Å²) in [5.74, 6) is 0.337. The van der Waals surface area contributed by atoms with Crippen molar-refractivity contribution in [3.63, 3.8) is 0 Å². The number of nitrogens with one attached hydrogen (secondary N) is 1. The van der Waals surface area contributed by atoms with Gasteiger partial charge in [-0.25, -0.2) is 5.01 Å². The predicted octanol–water partition coefficient (Wildman–Crippen LogP) is 4.93. The molecule has 0 heterocycles. The molecule has 142 valence electrons. The van der Waals surface area contributed by atoms with Gasteiger partial charge >= 0.3 is 0 Å². The van der Waals surface area contributed by atoms with Crippen LogP contribution in [0.25, 0.3) is 0 Å². The fourth-order valence-corrected chi connectivity index (χ4v) is 3.36. The molecule has 0 saturated carbocycles. The molecule has 28 heavy (non-hydrogen) atoms. The van der Waals surface area contributed by atoms with E-state index in [2.05, 4.69) is 5.43 Å². The van der Waals surface area contributed by atoms with Gasteiger partial charge in [0.1, 0.15) is 0 Å². The lowest BCUT2D eigenvalue weighted by Crippen LogP contribution is -2.45. The lowest BCUT2D eigenvalue weighted by atomic mass is 10.1. The topological polar surface area (TPSA) is 49.4 Å². The molecule has 0 aliphatic carbocycles. The van der Waals surface area contributed by atoms with E-state index in [1.807, 2.05) is 78.9 Å². The number of hydrazine groups is 1. The Morgan fingerprint density at radius 3 is 1.89 bits per heavy atom. The summed E-state index contributed by atoms with van der Waals surface area (Å²) in [6.07, 6.45) is 0.656. The fraction of sp³-hybridized carbons (Fsp3) is 0.130. The van der Waals surface area contributed by atoms with Crippen LogP contribution in [0, 0.1) is 0 Å². The first-order valence-electron chi connectivity index (χ1n) is 9.10. The molecule has 0 bridgehead atoms. The van der Waals surface area contributed by atoms with Gasteiger partial charge < -0.3 is 0 Å². The second kappa shape index (κ2) is 10.3. The number of carbonyl (C=O) groups excluding carboxylic acids is 2. The molecule has 0 fully saturated rings. The lowest BCUT2D eigenvalue weighted by Gasteiger charge is -2.23. The molecule has 0 atom stereocenters. The van der Waals surface area contributed by atoms with Crippen LogP contribution < -0.4 is 5.43 Å². The Balaban J connectivity index is 1.64. The second-order valence-electron chi connectivity index (χ2n) is 6.23. The van der Waals surface area contributed by atoms with Gasteiger partial charge in [0.05, 0.1) is 0 Å². The van der Waals surface area contributed by atoms with Crippen LogP contribution in [-0.4, -0.2) is 22.7 Å². The van der Waals surface area contributed by atoms with E-state index in [1.165, 1.54) is 5.01 Å². The third-order valence-corrected chi connectivity index (χ3v) is 5.00. The average Bonchev–Trinajstić information content (AvgIpc) is 2.76. The van der Waals surface area contributed by atoms with Crippen molar-refractivity contribution in [2.45, 2.75) is 12.2 Å². The van der Waals surface area contributed by atoms with Crippen LogP contribution in [-0.2, 0) is 12.2 Å². The highest BCUT2D eigenvalue weighted by Gasteiger charge is 2.18. The summed E-state index contributed by atoms with van der Waals surface area (Å²) in [5, 5.41) is 1.16. The number of hydrogen-bond donors (Lipinski definition) is 1. The third kappa shape index (κ3) is 5.99. The molecule has 3 aromatic carbocycles. The lowest BCUT2D eigenvalue weighted by molar-refractivity contribution is 0.0696. The highest BCUT2D eigenvalue weighted by molar-refractivity contribution is 8.12. The molecular formula is C23H22N2O2S. The Morgan fingerprint density at radius 1 is 0.750 bits per heavy atom. The van der Waals surface area contributed by atoms with E-state index in [-0.39, 0.29) is 11.1 Å². The molecule has 1 N–H and O–H groups in total. The summed E-state index contributed by atoms with van der Waals surface area (Å²) in [5.41, 5.74) is 5.48. The number of carbonyl (C=O) groups is 2. The number of benzene rings is 3. The number of rotatable bonds is 6. The molecule has 0 spiro atoms. The maximum atomic E-state index is 12.9. The highest BCUT2D eigenvalue weighted by atomic mass is 32.2. The smallest absolute Gasteiger partial charge is 0.267 e. The van der Waals surface area contributed by atoms with Crippen molar-refractivity contribution in [1.29, 1.82) is 0 Å². The van der Waals surface area contributed by atoms with Gasteiger partial charge in [0.2, 0.25) is 0 Å². The SMILES string of the molecule is O=C(NN(CCc1ccccc1)C(=O)c1ccccc1)SCc1ccccc1. The average molecular weight is 391 g/mol. The zero-order valence-corrected chi connectivity index (χ0v) is 16.3. The molecule has 0 aliphatic heterocycles. The van der Waals surface area contributed by atoms with Gasteiger partial charge in [-0.15, -0.1) is 0 Å². The van der Waals surface area contributed by atoms with Crippen molar-refractivity contribution in [3.05, 3.63) is 108 Å². The van der Waals surface area contributed by atoms with Gasteiger partial charge in [0.25, 0.3) is 11.1 Å². The van der Waals surface area contributed by atoms with Gasteiger partial charge in [0, 0.05) is 17.9 Å². The zero-order chi connectivity index (χ0) is 19.6. The number of nitrogens with zero attached hydrogens (tertiary/aromatic N) is 1. The molecule has 2 amide bonds. The van der Waals surface area contributed by atoms with Crippen LogP contribution in [0.4, 0.5) is 4.79 Å². The zero-order valence-electron chi connectivity index (χ0n) is 15.5. The van der Waals surface area contributed by atoms with E-state index in [1.54, 1.807) is 12.1 Å². The Labute approximate surface area is 169 Å². The minimum absolute atomic E-state index is 0.217. The van der Waals surface area contributed by atoms with E-state index < -0.39 is 0 Å². The predicted molar refractivity (Wildman–Crippen MR) is 114 cm³/mol. The Kier molecular flexibility index (Phi) is 7.27. The van der Waals surface area contributed by atoms with Crippen LogP contribution in [0.2, 0.25) is 0 Å². The monoisotopic (exact) mass is 390 g/mol. The molecule has 0 aromatic heterocycles. The Hall–Kier alpha value is -3.05. The summed E-state index contributed by atoms with van der Waals surface area (Å²) in [4.78, 5) is 25.3. The number of amides is 2. The number of hydrogen-bond acceptors (Lipinski definition) is 3. The largest absolute Gasteiger partial charge is 0.298 e. The molecule has 0 saturated heterocycles. The van der Waals surface area contributed by atoms with E-state index >= 15 is 0 Å². The van der Waals surface area contributed by atoms with Gasteiger partial charge in [0.15, 0.2) is 0 Å². The first-order chi connectivity index (χ1) is 13.7. The van der Waals surface area contributed by atoms with E-state index in [0.29, 0.717) is 24.3 Å². The van der Waals surface area contributed by atoms with Crippen molar-refractivity contribution in [2.75, 3.05) is 6.54 Å². The van der Waals surface area contributed by atoms with Crippen molar-refractivity contribution in [1.82, 2.24) is 10.4 Å². The minimum Gasteiger partial charge on any atom is -0.267 e. The van der Waals surface area contributed by atoms with Gasteiger partial charge in [-0.05, 0) is 29.7 Å². The molecule has 3 rings (SSSR count). The van der Waals surface area contributed by atoms with Gasteiger partial charge in [-0.3, -0.25) is 15.0 Å². The summed E-state index contributed by atoms with van der Waals surface area (Å²) in [7, 11) is 0. The van der Waals surface area contributed by atoms with Crippen molar-refractivity contribution >= 4 is 22.9 Å². The van der Waals surface area contributed by atoms with Crippen LogP contribution >= 0.6 is 11.8 Å². The first-order valence-corrected chi connectivity index (χ1v) is 10.1. The van der Waals surface area contributed by atoms with Crippen LogP contribution in [0.15, 0.2) is 91.0 Å². The van der Waals surface area contributed by atoms with E-state index in [4.69, 9.17) is 0 Å². The minimum atomic E-state index is -0.249. The van der Waals surface area contributed by atoms with Crippen molar-refractivity contribution < 1.29 is 9.59 Å². The third-order valence-electron chi connectivity index (χ3n) is 4.17. The molecule has 0 unspecified atom stereocenters. The van der Waals surface area contributed by atoms with Gasteiger partial charge in [-0.1, -0.05) is 90.6 Å². The first kappa shape index (κ1) is 19.7. The second-order valence-corrected chi connectivity index (χ2v) is 7.18. The molecule has 0 aliphatic rings. The molecule has 0 radical (unpaired) electrons. The van der Waals surface area contributed by atoms with Gasteiger partial charge in [-0.2, -0.15) is 0 Å². The van der Waals surface area contributed by atoms with Crippen LogP contribution in [0.3, 0.4) is 0 Å². The summed E-state index contributed by atoms with van der Waals surface area (Å²) in [6.45, 7) is 0.398. The highest BCUT2D eigenvalue weighted by Crippen LogP contribution is 2.13. The van der Waals surface area contributed by atoms with E-state index in [0.717, 1.165) is 22.9 Å². The van der Waals surface area contributed by atoms with Crippen molar-refractivity contribution in [3.8, 4) is 0 Å². The quantitative estimate of drug-likeness (QED) is 0.607. The molecule has 3 aromatic rings. The van der Waals surface area contributed by atoms with Crippen molar-refractivity contribution in [2.24, 2.45) is 0 Å². The molecular weight excluding hydrogens is 368 g/mol. The van der Waals surface area contributed by atoms with Crippen LogP contribution in [0.5, 0.6) is 0 Å². The maximum Gasteiger partial charge on any atom is 0.298 e. The maximum absolute atomic E-state index is 12.9. The normalized spacial score (nSPS) is 10.3. The summed E-state index contributed by atoms with van der Waals surface area (Å²) in [6, 6.07) is 28.7.